The molecule has 0 unspecified atom stereocenters. The molecule has 0 saturated heterocycles. The van der Waals surface area contributed by atoms with Gasteiger partial charge in [0.2, 0.25) is 0 Å². The second kappa shape index (κ2) is 9.05. The SMILES string of the molecule is COC(=O)CCCn1c(C)nc2cc(C(=O)Nc3nc(-c4ccccn4)cs3)ccc21. The monoisotopic (exact) mass is 435 g/mol. The van der Waals surface area contributed by atoms with Crippen LogP contribution in [0.4, 0.5) is 5.13 Å². The van der Waals surface area contributed by atoms with E-state index in [0.29, 0.717) is 30.1 Å². The number of esters is 1. The van der Waals surface area contributed by atoms with Gasteiger partial charge in [-0.25, -0.2) is 9.97 Å². The van der Waals surface area contributed by atoms with E-state index in [9.17, 15) is 9.59 Å². The zero-order chi connectivity index (χ0) is 21.8. The molecule has 0 atom stereocenters. The Hall–Kier alpha value is -3.59. The second-order valence-corrected chi connectivity index (χ2v) is 7.76. The van der Waals surface area contributed by atoms with E-state index in [1.54, 1.807) is 18.3 Å². The van der Waals surface area contributed by atoms with Crippen molar-refractivity contribution >= 4 is 39.4 Å². The largest absolute Gasteiger partial charge is 0.469 e. The van der Waals surface area contributed by atoms with Gasteiger partial charge < -0.3 is 9.30 Å². The number of carbonyl (C=O) groups is 2. The summed E-state index contributed by atoms with van der Waals surface area (Å²) in [6.45, 7) is 2.56. The standard InChI is InChI=1S/C22H21N5O3S/c1-14-24-17-12-15(8-9-19(17)27(14)11-5-7-20(28)30-2)21(29)26-22-25-18(13-31-22)16-6-3-4-10-23-16/h3-4,6,8-10,12-13H,5,7,11H2,1-2H3,(H,25,26,29). The minimum Gasteiger partial charge on any atom is -0.469 e. The number of imidazole rings is 1. The van der Waals surface area contributed by atoms with Crippen molar-refractivity contribution in [1.29, 1.82) is 0 Å². The molecule has 0 fully saturated rings. The zero-order valence-corrected chi connectivity index (χ0v) is 18.0. The number of nitrogens with one attached hydrogen (secondary N) is 1. The van der Waals surface area contributed by atoms with Crippen molar-refractivity contribution in [3.05, 3.63) is 59.4 Å². The molecule has 0 aliphatic rings. The summed E-state index contributed by atoms with van der Waals surface area (Å²) >= 11 is 1.35. The number of amides is 1. The van der Waals surface area contributed by atoms with Crippen LogP contribution in [0.25, 0.3) is 22.4 Å². The molecule has 0 spiro atoms. The first-order valence-corrected chi connectivity index (χ1v) is 10.6. The van der Waals surface area contributed by atoms with Gasteiger partial charge in [-0.05, 0) is 43.7 Å². The lowest BCUT2D eigenvalue weighted by atomic mass is 10.2. The topological polar surface area (TPSA) is 99.0 Å². The zero-order valence-electron chi connectivity index (χ0n) is 17.2. The van der Waals surface area contributed by atoms with Crippen molar-refractivity contribution in [2.45, 2.75) is 26.3 Å². The van der Waals surface area contributed by atoms with Crippen LogP contribution in [0.2, 0.25) is 0 Å². The fraction of sp³-hybridized carbons (Fsp3) is 0.227. The number of benzene rings is 1. The number of hydrogen-bond donors (Lipinski definition) is 1. The van der Waals surface area contributed by atoms with Crippen LogP contribution in [0.3, 0.4) is 0 Å². The van der Waals surface area contributed by atoms with E-state index < -0.39 is 0 Å². The first-order valence-electron chi connectivity index (χ1n) is 9.77. The van der Waals surface area contributed by atoms with Gasteiger partial charge in [-0.3, -0.25) is 19.9 Å². The maximum atomic E-state index is 12.7. The summed E-state index contributed by atoms with van der Waals surface area (Å²) in [7, 11) is 1.39. The molecule has 9 heteroatoms. The van der Waals surface area contributed by atoms with Gasteiger partial charge in [0.05, 0.1) is 23.8 Å². The third-order valence-electron chi connectivity index (χ3n) is 4.84. The van der Waals surface area contributed by atoms with Gasteiger partial charge >= 0.3 is 5.97 Å². The number of fused-ring (bicyclic) bond motifs is 1. The predicted molar refractivity (Wildman–Crippen MR) is 119 cm³/mol. The number of hydrogen-bond acceptors (Lipinski definition) is 7. The number of rotatable bonds is 7. The van der Waals surface area contributed by atoms with E-state index in [1.165, 1.54) is 18.4 Å². The van der Waals surface area contributed by atoms with Crippen molar-refractivity contribution in [1.82, 2.24) is 19.5 Å². The fourth-order valence-electron chi connectivity index (χ4n) is 3.29. The summed E-state index contributed by atoms with van der Waals surface area (Å²) in [6.07, 6.45) is 2.72. The number of carbonyl (C=O) groups excluding carboxylic acids is 2. The fourth-order valence-corrected chi connectivity index (χ4v) is 3.99. The van der Waals surface area contributed by atoms with Gasteiger partial charge in [0, 0.05) is 30.1 Å². The lowest BCUT2D eigenvalue weighted by molar-refractivity contribution is -0.140. The van der Waals surface area contributed by atoms with Crippen molar-refractivity contribution in [2.24, 2.45) is 0 Å². The third-order valence-corrected chi connectivity index (χ3v) is 5.60. The molecule has 0 saturated carbocycles. The van der Waals surface area contributed by atoms with E-state index in [1.807, 2.05) is 41.1 Å². The number of thiazole rings is 1. The maximum absolute atomic E-state index is 12.7. The second-order valence-electron chi connectivity index (χ2n) is 6.90. The molecule has 1 aromatic carbocycles. The Kier molecular flexibility index (Phi) is 6.03. The van der Waals surface area contributed by atoms with Gasteiger partial charge in [-0.1, -0.05) is 6.07 Å². The molecule has 158 valence electrons. The highest BCUT2D eigenvalue weighted by Gasteiger charge is 2.14. The minimum atomic E-state index is -0.248. The number of pyridine rings is 1. The Morgan fingerprint density at radius 3 is 2.81 bits per heavy atom. The van der Waals surface area contributed by atoms with E-state index in [2.05, 4.69) is 25.0 Å². The van der Waals surface area contributed by atoms with Gasteiger partial charge in [-0.15, -0.1) is 11.3 Å². The molecule has 0 radical (unpaired) electrons. The molecule has 4 aromatic rings. The average molecular weight is 436 g/mol. The maximum Gasteiger partial charge on any atom is 0.305 e. The van der Waals surface area contributed by atoms with Crippen LogP contribution < -0.4 is 5.32 Å². The van der Waals surface area contributed by atoms with Crippen molar-refractivity contribution in [2.75, 3.05) is 12.4 Å². The number of methoxy groups -OCH3 is 1. The van der Waals surface area contributed by atoms with Gasteiger partial charge in [0.25, 0.3) is 5.91 Å². The molecule has 0 aliphatic heterocycles. The first-order chi connectivity index (χ1) is 15.0. The summed E-state index contributed by atoms with van der Waals surface area (Å²) in [5.74, 6) is 0.355. The van der Waals surface area contributed by atoms with E-state index in [0.717, 1.165) is 28.2 Å². The number of nitrogens with zero attached hydrogens (tertiary/aromatic N) is 4. The van der Waals surface area contributed by atoms with Crippen LogP contribution in [0.5, 0.6) is 0 Å². The molecule has 3 aromatic heterocycles. The normalized spacial score (nSPS) is 10.9. The molecule has 31 heavy (non-hydrogen) atoms. The van der Waals surface area contributed by atoms with Gasteiger partial charge in [0.1, 0.15) is 11.5 Å². The van der Waals surface area contributed by atoms with Crippen molar-refractivity contribution < 1.29 is 14.3 Å². The summed E-state index contributed by atoms with van der Waals surface area (Å²) in [5.41, 5.74) is 3.63. The molecular formula is C22H21N5O3S. The van der Waals surface area contributed by atoms with Crippen LogP contribution in [0.1, 0.15) is 29.0 Å². The summed E-state index contributed by atoms with van der Waals surface area (Å²) < 4.78 is 6.73. The highest BCUT2D eigenvalue weighted by atomic mass is 32.1. The smallest absolute Gasteiger partial charge is 0.305 e. The van der Waals surface area contributed by atoms with Crippen LogP contribution in [0, 0.1) is 6.92 Å². The molecule has 0 aliphatic carbocycles. The Balaban J connectivity index is 1.48. The number of anilines is 1. The average Bonchev–Trinajstić information content (AvgIpc) is 3.37. The molecule has 1 amide bonds. The third kappa shape index (κ3) is 4.61. The number of ether oxygens (including phenoxy) is 1. The molecule has 4 rings (SSSR count). The van der Waals surface area contributed by atoms with Gasteiger partial charge in [-0.2, -0.15) is 0 Å². The lowest BCUT2D eigenvalue weighted by Crippen LogP contribution is -2.11. The molecule has 1 N–H and O–H groups in total. The molecule has 0 bridgehead atoms. The van der Waals surface area contributed by atoms with Crippen LogP contribution in [0.15, 0.2) is 48.0 Å². The Morgan fingerprint density at radius 2 is 2.03 bits per heavy atom. The Bertz CT molecular complexity index is 1230. The van der Waals surface area contributed by atoms with E-state index >= 15 is 0 Å². The molecule has 3 heterocycles. The highest BCUT2D eigenvalue weighted by Crippen LogP contribution is 2.24. The molecular weight excluding hydrogens is 414 g/mol. The highest BCUT2D eigenvalue weighted by molar-refractivity contribution is 7.14. The van der Waals surface area contributed by atoms with Crippen LogP contribution in [-0.2, 0) is 16.1 Å². The van der Waals surface area contributed by atoms with E-state index in [4.69, 9.17) is 0 Å². The first kappa shape index (κ1) is 20.7. The van der Waals surface area contributed by atoms with Crippen LogP contribution in [-0.4, -0.2) is 38.5 Å². The van der Waals surface area contributed by atoms with Crippen molar-refractivity contribution in [3.8, 4) is 11.4 Å². The summed E-state index contributed by atoms with van der Waals surface area (Å²) in [6, 6.07) is 11.0. The minimum absolute atomic E-state index is 0.227. The number of aryl methyl sites for hydroxylation is 2. The predicted octanol–water partition coefficient (Wildman–Crippen LogP) is 4.07. The Morgan fingerprint density at radius 1 is 1.16 bits per heavy atom. The van der Waals surface area contributed by atoms with Gasteiger partial charge in [0.15, 0.2) is 5.13 Å². The van der Waals surface area contributed by atoms with Crippen molar-refractivity contribution in [3.63, 3.8) is 0 Å². The summed E-state index contributed by atoms with van der Waals surface area (Å²) in [5, 5.41) is 5.21. The molecule has 8 nitrogen and oxygen atoms in total. The quantitative estimate of drug-likeness (QED) is 0.439. The van der Waals surface area contributed by atoms with E-state index in [-0.39, 0.29) is 11.9 Å². The Labute approximate surface area is 182 Å². The summed E-state index contributed by atoms with van der Waals surface area (Å²) in [4.78, 5) is 37.4. The lowest BCUT2D eigenvalue weighted by Gasteiger charge is -2.07. The number of aromatic nitrogens is 4. The van der Waals surface area contributed by atoms with Crippen LogP contribution >= 0.6 is 11.3 Å².